The lowest BCUT2D eigenvalue weighted by Crippen LogP contribution is -2.26. The van der Waals surface area contributed by atoms with Gasteiger partial charge < -0.3 is 10.1 Å². The Morgan fingerprint density at radius 1 is 0.800 bits per heavy atom. The molecule has 0 saturated carbocycles. The zero-order valence-corrected chi connectivity index (χ0v) is 17.6. The van der Waals surface area contributed by atoms with Crippen LogP contribution < -0.4 is 5.32 Å². The van der Waals surface area contributed by atoms with Crippen molar-refractivity contribution in [1.82, 2.24) is 0 Å². The third kappa shape index (κ3) is 3.76. The standard InChI is InChI=1S/C23H14INO5/c24-13-8-10-14(11-9-13)25-19(26)12-30-23(29)18-7-3-6-17-20(18)22(28)16-5-2-1-4-15(16)21(17)27/h1-11H,12H2,(H,25,26). The number of anilines is 1. The van der Waals surface area contributed by atoms with Gasteiger partial charge in [-0.1, -0.05) is 36.4 Å². The summed E-state index contributed by atoms with van der Waals surface area (Å²) in [6.07, 6.45) is 0. The van der Waals surface area contributed by atoms with Crippen LogP contribution >= 0.6 is 22.6 Å². The van der Waals surface area contributed by atoms with Gasteiger partial charge in [0.05, 0.1) is 5.56 Å². The fraction of sp³-hybridized carbons (Fsp3) is 0.0435. The smallest absolute Gasteiger partial charge is 0.339 e. The molecule has 30 heavy (non-hydrogen) atoms. The molecule has 1 aliphatic rings. The summed E-state index contributed by atoms with van der Waals surface area (Å²) in [4.78, 5) is 50.4. The second-order valence-electron chi connectivity index (χ2n) is 6.56. The molecule has 4 rings (SSSR count). The molecule has 148 valence electrons. The highest BCUT2D eigenvalue weighted by molar-refractivity contribution is 14.1. The number of amides is 1. The number of fused-ring (bicyclic) bond motifs is 2. The van der Waals surface area contributed by atoms with E-state index in [4.69, 9.17) is 4.74 Å². The van der Waals surface area contributed by atoms with E-state index in [0.29, 0.717) is 11.3 Å². The number of nitrogens with one attached hydrogen (secondary N) is 1. The van der Waals surface area contributed by atoms with E-state index >= 15 is 0 Å². The second kappa shape index (κ2) is 8.19. The Hall–Kier alpha value is -3.33. The van der Waals surface area contributed by atoms with Crippen molar-refractivity contribution in [2.45, 2.75) is 0 Å². The average Bonchev–Trinajstić information content (AvgIpc) is 2.77. The van der Waals surface area contributed by atoms with Gasteiger partial charge in [0, 0.05) is 31.5 Å². The van der Waals surface area contributed by atoms with Crippen molar-refractivity contribution < 1.29 is 23.9 Å². The van der Waals surface area contributed by atoms with Crippen LogP contribution in [0.4, 0.5) is 5.69 Å². The van der Waals surface area contributed by atoms with Crippen LogP contribution in [0.25, 0.3) is 0 Å². The molecule has 0 radical (unpaired) electrons. The van der Waals surface area contributed by atoms with Crippen molar-refractivity contribution in [3.8, 4) is 0 Å². The first-order chi connectivity index (χ1) is 14.5. The molecule has 1 amide bonds. The van der Waals surface area contributed by atoms with Gasteiger partial charge in [-0.2, -0.15) is 0 Å². The van der Waals surface area contributed by atoms with E-state index in [1.165, 1.54) is 18.2 Å². The number of benzene rings is 3. The molecule has 0 spiro atoms. The highest BCUT2D eigenvalue weighted by atomic mass is 127. The minimum absolute atomic E-state index is 0.00393. The third-order valence-corrected chi connectivity index (χ3v) is 5.35. The summed E-state index contributed by atoms with van der Waals surface area (Å²) in [6.45, 7) is -0.521. The number of rotatable bonds is 4. The Labute approximate surface area is 185 Å². The minimum Gasteiger partial charge on any atom is -0.452 e. The highest BCUT2D eigenvalue weighted by Crippen LogP contribution is 2.29. The fourth-order valence-corrected chi connectivity index (χ4v) is 3.61. The first-order valence-corrected chi connectivity index (χ1v) is 10.1. The number of carbonyl (C=O) groups is 4. The molecule has 0 aliphatic heterocycles. The van der Waals surface area contributed by atoms with Gasteiger partial charge >= 0.3 is 5.97 Å². The Morgan fingerprint density at radius 2 is 1.43 bits per heavy atom. The molecule has 1 N–H and O–H groups in total. The molecule has 3 aromatic carbocycles. The summed E-state index contributed by atoms with van der Waals surface area (Å²) >= 11 is 2.15. The highest BCUT2D eigenvalue weighted by Gasteiger charge is 2.33. The Bertz CT molecular complexity index is 1200. The number of hydrogen-bond acceptors (Lipinski definition) is 5. The van der Waals surface area contributed by atoms with Crippen molar-refractivity contribution in [1.29, 1.82) is 0 Å². The Balaban J connectivity index is 1.53. The maximum absolute atomic E-state index is 12.9. The van der Waals surface area contributed by atoms with Crippen LogP contribution in [-0.2, 0) is 9.53 Å². The number of ether oxygens (including phenoxy) is 1. The van der Waals surface area contributed by atoms with Crippen LogP contribution in [0.2, 0.25) is 0 Å². The van der Waals surface area contributed by atoms with Crippen LogP contribution in [-0.4, -0.2) is 30.0 Å². The fourth-order valence-electron chi connectivity index (χ4n) is 3.25. The average molecular weight is 511 g/mol. The number of hydrogen-bond donors (Lipinski definition) is 1. The van der Waals surface area contributed by atoms with Crippen LogP contribution in [0, 0.1) is 3.57 Å². The maximum Gasteiger partial charge on any atom is 0.339 e. The van der Waals surface area contributed by atoms with E-state index in [1.54, 1.807) is 36.4 Å². The van der Waals surface area contributed by atoms with E-state index in [0.717, 1.165) is 3.57 Å². The van der Waals surface area contributed by atoms with Gasteiger partial charge in [-0.3, -0.25) is 14.4 Å². The SMILES string of the molecule is O=C(COC(=O)c1cccc2c1C(=O)c1ccccc1C2=O)Nc1ccc(I)cc1. The molecule has 0 aromatic heterocycles. The van der Waals surface area contributed by atoms with E-state index in [1.807, 2.05) is 12.1 Å². The zero-order chi connectivity index (χ0) is 21.3. The van der Waals surface area contributed by atoms with Crippen molar-refractivity contribution in [3.63, 3.8) is 0 Å². The molecule has 0 fully saturated rings. The van der Waals surface area contributed by atoms with E-state index in [-0.39, 0.29) is 28.0 Å². The van der Waals surface area contributed by atoms with Gasteiger partial charge in [-0.25, -0.2) is 4.79 Å². The van der Waals surface area contributed by atoms with E-state index < -0.39 is 24.3 Å². The number of halogens is 1. The van der Waals surface area contributed by atoms with Crippen molar-refractivity contribution in [2.24, 2.45) is 0 Å². The molecule has 7 heteroatoms. The van der Waals surface area contributed by atoms with Crippen LogP contribution in [0.15, 0.2) is 66.7 Å². The molecular formula is C23H14INO5. The summed E-state index contributed by atoms with van der Waals surface area (Å²) < 4.78 is 6.13. The van der Waals surface area contributed by atoms with Gasteiger partial charge in [0.2, 0.25) is 0 Å². The summed E-state index contributed by atoms with van der Waals surface area (Å²) in [5.41, 5.74) is 1.23. The predicted molar refractivity (Wildman–Crippen MR) is 118 cm³/mol. The van der Waals surface area contributed by atoms with Gasteiger partial charge in [0.25, 0.3) is 5.91 Å². The lowest BCUT2D eigenvalue weighted by molar-refractivity contribution is -0.119. The monoisotopic (exact) mass is 511 g/mol. The van der Waals surface area contributed by atoms with Crippen molar-refractivity contribution in [2.75, 3.05) is 11.9 Å². The van der Waals surface area contributed by atoms with Crippen molar-refractivity contribution in [3.05, 3.63) is 98.1 Å². The molecule has 0 atom stereocenters. The number of ketones is 2. The second-order valence-corrected chi connectivity index (χ2v) is 7.81. The summed E-state index contributed by atoms with van der Waals surface area (Å²) in [5.74, 6) is -2.10. The zero-order valence-electron chi connectivity index (χ0n) is 15.5. The molecule has 0 saturated heterocycles. The first kappa shape index (κ1) is 20.0. The van der Waals surface area contributed by atoms with Gasteiger partial charge in [0.15, 0.2) is 18.2 Å². The molecule has 6 nitrogen and oxygen atoms in total. The summed E-state index contributed by atoms with van der Waals surface area (Å²) in [6, 6.07) is 18.0. The maximum atomic E-state index is 12.9. The van der Waals surface area contributed by atoms with Gasteiger partial charge in [-0.05, 0) is 52.9 Å². The van der Waals surface area contributed by atoms with Gasteiger partial charge in [0.1, 0.15) is 0 Å². The van der Waals surface area contributed by atoms with Crippen molar-refractivity contribution >= 4 is 51.7 Å². The number of carbonyl (C=O) groups excluding carboxylic acids is 4. The lowest BCUT2D eigenvalue weighted by Gasteiger charge is -2.19. The van der Waals surface area contributed by atoms with Crippen LogP contribution in [0.5, 0.6) is 0 Å². The van der Waals surface area contributed by atoms with Crippen LogP contribution in [0.1, 0.15) is 42.2 Å². The normalized spacial score (nSPS) is 12.0. The Kier molecular flexibility index (Phi) is 5.45. The third-order valence-electron chi connectivity index (χ3n) is 4.63. The van der Waals surface area contributed by atoms with E-state index in [9.17, 15) is 19.2 Å². The number of esters is 1. The molecule has 0 heterocycles. The quantitative estimate of drug-likeness (QED) is 0.332. The molecule has 0 unspecified atom stereocenters. The first-order valence-electron chi connectivity index (χ1n) is 8.99. The summed E-state index contributed by atoms with van der Waals surface area (Å²) in [5, 5.41) is 2.63. The van der Waals surface area contributed by atoms with Gasteiger partial charge in [-0.15, -0.1) is 0 Å². The molecular weight excluding hydrogens is 497 g/mol. The lowest BCUT2D eigenvalue weighted by atomic mass is 9.82. The molecule has 1 aliphatic carbocycles. The predicted octanol–water partition coefficient (Wildman–Crippen LogP) is 3.86. The van der Waals surface area contributed by atoms with Crippen LogP contribution in [0.3, 0.4) is 0 Å². The summed E-state index contributed by atoms with van der Waals surface area (Å²) in [7, 11) is 0. The Morgan fingerprint density at radius 3 is 2.13 bits per heavy atom. The molecule has 0 bridgehead atoms. The largest absolute Gasteiger partial charge is 0.452 e. The topological polar surface area (TPSA) is 89.5 Å². The molecule has 3 aromatic rings. The van der Waals surface area contributed by atoms with E-state index in [2.05, 4.69) is 27.9 Å². The minimum atomic E-state index is -0.842.